The Bertz CT molecular complexity index is 436. The van der Waals surface area contributed by atoms with Crippen molar-refractivity contribution >= 4 is 12.0 Å². The summed E-state index contributed by atoms with van der Waals surface area (Å²) in [5.74, 6) is -1.04. The molecule has 0 aliphatic heterocycles. The van der Waals surface area contributed by atoms with Crippen molar-refractivity contribution in [1.82, 2.24) is 20.4 Å². The van der Waals surface area contributed by atoms with E-state index >= 15 is 0 Å². The van der Waals surface area contributed by atoms with Gasteiger partial charge in [-0.05, 0) is 5.41 Å². The number of aromatic nitrogens is 2. The second kappa shape index (κ2) is 5.73. The van der Waals surface area contributed by atoms with Crippen LogP contribution in [0.25, 0.3) is 0 Å². The second-order valence-corrected chi connectivity index (χ2v) is 5.55. The predicted octanol–water partition coefficient (Wildman–Crippen LogP) is 1.05. The Hall–Kier alpha value is -2.05. The van der Waals surface area contributed by atoms with E-state index in [1.54, 1.807) is 40.2 Å². The standard InChI is InChI=1S/C12H20N4O3/c1-12(2,3)9(10(17)18)15-11(19)16(4)7-8-5-13-14-6-8/h5-6,9H,7H2,1-4H3,(H,13,14)(H,15,19)(H,17,18)/t9-/m1/s1. The van der Waals surface area contributed by atoms with E-state index in [4.69, 9.17) is 5.11 Å². The van der Waals surface area contributed by atoms with E-state index in [1.807, 2.05) is 0 Å². The first-order valence-corrected chi connectivity index (χ1v) is 5.94. The topological polar surface area (TPSA) is 98.3 Å². The van der Waals surface area contributed by atoms with E-state index in [0.29, 0.717) is 6.54 Å². The number of carbonyl (C=O) groups excluding carboxylic acids is 1. The normalized spacial score (nSPS) is 12.8. The molecule has 7 heteroatoms. The third-order valence-electron chi connectivity index (χ3n) is 2.70. The van der Waals surface area contributed by atoms with Gasteiger partial charge in [-0.3, -0.25) is 5.10 Å². The average Bonchev–Trinajstić information content (AvgIpc) is 2.75. The fourth-order valence-electron chi connectivity index (χ4n) is 1.59. The van der Waals surface area contributed by atoms with Crippen LogP contribution in [0.3, 0.4) is 0 Å². The molecule has 1 atom stereocenters. The Kier molecular flexibility index (Phi) is 4.52. The van der Waals surface area contributed by atoms with Crippen LogP contribution in [0, 0.1) is 5.41 Å². The molecule has 0 unspecified atom stereocenters. The molecule has 2 amide bonds. The van der Waals surface area contributed by atoms with Crippen molar-refractivity contribution in [3.63, 3.8) is 0 Å². The molecule has 19 heavy (non-hydrogen) atoms. The molecule has 1 rings (SSSR count). The first kappa shape index (κ1) is 15.0. The summed E-state index contributed by atoms with van der Waals surface area (Å²) in [4.78, 5) is 24.5. The highest BCUT2D eigenvalue weighted by Crippen LogP contribution is 2.19. The van der Waals surface area contributed by atoms with E-state index in [1.165, 1.54) is 4.90 Å². The Morgan fingerprint density at radius 2 is 2.16 bits per heavy atom. The molecule has 0 aliphatic rings. The van der Waals surface area contributed by atoms with Gasteiger partial charge in [0.1, 0.15) is 6.04 Å². The number of carbonyl (C=O) groups is 2. The number of rotatable bonds is 4. The minimum Gasteiger partial charge on any atom is -0.480 e. The highest BCUT2D eigenvalue weighted by Gasteiger charge is 2.33. The number of nitrogens with zero attached hydrogens (tertiary/aromatic N) is 2. The van der Waals surface area contributed by atoms with Gasteiger partial charge in [0.05, 0.1) is 12.7 Å². The lowest BCUT2D eigenvalue weighted by Gasteiger charge is -2.29. The third kappa shape index (κ3) is 4.27. The molecular weight excluding hydrogens is 248 g/mol. The largest absolute Gasteiger partial charge is 0.480 e. The predicted molar refractivity (Wildman–Crippen MR) is 69.5 cm³/mol. The van der Waals surface area contributed by atoms with Gasteiger partial charge in [0.25, 0.3) is 0 Å². The molecule has 0 aliphatic carbocycles. The smallest absolute Gasteiger partial charge is 0.326 e. The monoisotopic (exact) mass is 268 g/mol. The summed E-state index contributed by atoms with van der Waals surface area (Å²) in [6.07, 6.45) is 3.30. The SMILES string of the molecule is CN(Cc1cn[nH]c1)C(=O)N[C@H](C(=O)O)C(C)(C)C. The van der Waals surface area contributed by atoms with Crippen molar-refractivity contribution in [2.45, 2.75) is 33.4 Å². The summed E-state index contributed by atoms with van der Waals surface area (Å²) >= 11 is 0. The van der Waals surface area contributed by atoms with Gasteiger partial charge >= 0.3 is 12.0 Å². The number of aliphatic carboxylic acids is 1. The van der Waals surface area contributed by atoms with Crippen LogP contribution in [0.4, 0.5) is 4.79 Å². The zero-order valence-corrected chi connectivity index (χ0v) is 11.6. The maximum atomic E-state index is 12.0. The lowest BCUT2D eigenvalue weighted by atomic mass is 9.87. The number of aromatic amines is 1. The Morgan fingerprint density at radius 3 is 2.58 bits per heavy atom. The number of urea groups is 1. The number of amides is 2. The van der Waals surface area contributed by atoms with Gasteiger partial charge < -0.3 is 15.3 Å². The molecule has 3 N–H and O–H groups in total. The molecule has 0 radical (unpaired) electrons. The van der Waals surface area contributed by atoms with Crippen LogP contribution in [0.5, 0.6) is 0 Å². The van der Waals surface area contributed by atoms with Gasteiger partial charge in [-0.1, -0.05) is 20.8 Å². The van der Waals surface area contributed by atoms with Crippen LogP contribution in [-0.4, -0.2) is 45.3 Å². The summed E-state index contributed by atoms with van der Waals surface area (Å²) < 4.78 is 0. The molecule has 0 fully saturated rings. The highest BCUT2D eigenvalue weighted by atomic mass is 16.4. The second-order valence-electron chi connectivity index (χ2n) is 5.55. The van der Waals surface area contributed by atoms with Crippen molar-refractivity contribution in [3.05, 3.63) is 18.0 Å². The summed E-state index contributed by atoms with van der Waals surface area (Å²) in [5.41, 5.74) is 0.290. The minimum atomic E-state index is -1.04. The number of nitrogens with one attached hydrogen (secondary N) is 2. The molecule has 1 aromatic rings. The maximum Gasteiger partial charge on any atom is 0.326 e. The molecule has 0 spiro atoms. The zero-order valence-electron chi connectivity index (χ0n) is 11.6. The van der Waals surface area contributed by atoms with Crippen molar-refractivity contribution in [2.24, 2.45) is 5.41 Å². The number of H-pyrrole nitrogens is 1. The fraction of sp³-hybridized carbons (Fsp3) is 0.583. The van der Waals surface area contributed by atoms with Crippen molar-refractivity contribution in [3.8, 4) is 0 Å². The van der Waals surface area contributed by atoms with Crippen LogP contribution in [0.15, 0.2) is 12.4 Å². The molecule has 1 heterocycles. The molecule has 0 bridgehead atoms. The minimum absolute atomic E-state index is 0.360. The van der Waals surface area contributed by atoms with Crippen LogP contribution in [0.1, 0.15) is 26.3 Å². The van der Waals surface area contributed by atoms with Crippen LogP contribution >= 0.6 is 0 Å². The maximum absolute atomic E-state index is 12.0. The van der Waals surface area contributed by atoms with E-state index in [2.05, 4.69) is 15.5 Å². The van der Waals surface area contributed by atoms with Gasteiger partial charge in [-0.15, -0.1) is 0 Å². The van der Waals surface area contributed by atoms with E-state index in [9.17, 15) is 9.59 Å². The number of carboxylic acids is 1. The molecule has 7 nitrogen and oxygen atoms in total. The van der Waals surface area contributed by atoms with Crippen molar-refractivity contribution in [2.75, 3.05) is 7.05 Å². The van der Waals surface area contributed by atoms with Crippen LogP contribution in [-0.2, 0) is 11.3 Å². The van der Waals surface area contributed by atoms with Crippen LogP contribution < -0.4 is 5.32 Å². The number of carboxylic acid groups (broad SMARTS) is 1. The molecule has 0 saturated heterocycles. The van der Waals surface area contributed by atoms with Gasteiger partial charge in [0.2, 0.25) is 0 Å². The van der Waals surface area contributed by atoms with Crippen molar-refractivity contribution in [1.29, 1.82) is 0 Å². The number of hydrogen-bond acceptors (Lipinski definition) is 3. The summed E-state index contributed by atoms with van der Waals surface area (Å²) in [6.45, 7) is 5.66. The lowest BCUT2D eigenvalue weighted by molar-refractivity contribution is -0.142. The Balaban J connectivity index is 2.64. The first-order chi connectivity index (χ1) is 8.71. The Morgan fingerprint density at radius 1 is 1.53 bits per heavy atom. The van der Waals surface area contributed by atoms with Gasteiger partial charge in [-0.25, -0.2) is 9.59 Å². The quantitative estimate of drug-likeness (QED) is 0.760. The molecule has 0 saturated carbocycles. The first-order valence-electron chi connectivity index (χ1n) is 5.94. The molecule has 1 aromatic heterocycles. The highest BCUT2D eigenvalue weighted by molar-refractivity contribution is 5.83. The van der Waals surface area contributed by atoms with E-state index in [-0.39, 0.29) is 0 Å². The van der Waals surface area contributed by atoms with Gasteiger partial charge in [-0.2, -0.15) is 5.10 Å². The Labute approximate surface area is 112 Å². The molecule has 0 aromatic carbocycles. The van der Waals surface area contributed by atoms with Gasteiger partial charge in [0.15, 0.2) is 0 Å². The van der Waals surface area contributed by atoms with E-state index in [0.717, 1.165) is 5.56 Å². The number of hydrogen-bond donors (Lipinski definition) is 3. The lowest BCUT2D eigenvalue weighted by Crippen LogP contribution is -2.52. The fourth-order valence-corrected chi connectivity index (χ4v) is 1.59. The summed E-state index contributed by atoms with van der Waals surface area (Å²) in [6, 6.07) is -1.37. The summed E-state index contributed by atoms with van der Waals surface area (Å²) in [5, 5.41) is 18.1. The summed E-state index contributed by atoms with van der Waals surface area (Å²) in [7, 11) is 1.60. The third-order valence-corrected chi connectivity index (χ3v) is 2.70. The van der Waals surface area contributed by atoms with Crippen molar-refractivity contribution < 1.29 is 14.7 Å². The van der Waals surface area contributed by atoms with E-state index < -0.39 is 23.5 Å². The zero-order chi connectivity index (χ0) is 14.6. The molecule has 106 valence electrons. The van der Waals surface area contributed by atoms with Crippen LogP contribution in [0.2, 0.25) is 0 Å². The molecular formula is C12H20N4O3. The average molecular weight is 268 g/mol. The van der Waals surface area contributed by atoms with Gasteiger partial charge in [0, 0.05) is 18.8 Å².